The molecule has 0 amide bonds. The summed E-state index contributed by atoms with van der Waals surface area (Å²) in [6.45, 7) is 2.19. The first-order valence-electron chi connectivity index (χ1n) is 4.38. The van der Waals surface area contributed by atoms with Crippen molar-refractivity contribution in [2.75, 3.05) is 0 Å². The third-order valence-electron chi connectivity index (χ3n) is 1.87. The second-order valence-electron chi connectivity index (χ2n) is 2.95. The molecule has 0 fully saturated rings. The van der Waals surface area contributed by atoms with E-state index >= 15 is 0 Å². The summed E-state index contributed by atoms with van der Waals surface area (Å²) in [5, 5.41) is 0. The zero-order chi connectivity index (χ0) is 8.81. The standard InChI is InChI=1S/C12H14.H2/c1-3-5-11-7-9-12(6-4-2)10-8-11;/h1,7-10H,4-6H2,2H3;1H. The fraction of sp³-hybridized carbons (Fsp3) is 0.333. The number of terminal acetylenes is 1. The lowest BCUT2D eigenvalue weighted by Crippen LogP contribution is -1.85. The summed E-state index contributed by atoms with van der Waals surface area (Å²) in [5.41, 5.74) is 2.63. The second kappa shape index (κ2) is 4.62. The van der Waals surface area contributed by atoms with E-state index in [9.17, 15) is 0 Å². The quantitative estimate of drug-likeness (QED) is 0.596. The Bertz CT molecular complexity index is 266. The van der Waals surface area contributed by atoms with Crippen molar-refractivity contribution >= 4 is 0 Å². The molecule has 0 aliphatic rings. The fourth-order valence-corrected chi connectivity index (χ4v) is 1.23. The summed E-state index contributed by atoms with van der Waals surface area (Å²) in [6, 6.07) is 8.56. The van der Waals surface area contributed by atoms with Crippen LogP contribution in [0.3, 0.4) is 0 Å². The maximum absolute atomic E-state index is 5.21. The molecule has 0 atom stereocenters. The summed E-state index contributed by atoms with van der Waals surface area (Å²) < 4.78 is 0. The monoisotopic (exact) mass is 160 g/mol. The zero-order valence-electron chi connectivity index (χ0n) is 7.51. The van der Waals surface area contributed by atoms with Gasteiger partial charge in [-0.25, -0.2) is 0 Å². The molecule has 0 bridgehead atoms. The molecular formula is C12H16. The van der Waals surface area contributed by atoms with E-state index in [1.54, 1.807) is 0 Å². The van der Waals surface area contributed by atoms with E-state index < -0.39 is 0 Å². The molecular weight excluding hydrogens is 144 g/mol. The van der Waals surface area contributed by atoms with E-state index in [-0.39, 0.29) is 1.43 Å². The minimum Gasteiger partial charge on any atom is -0.120 e. The van der Waals surface area contributed by atoms with Crippen LogP contribution < -0.4 is 0 Å². The third-order valence-corrected chi connectivity index (χ3v) is 1.87. The van der Waals surface area contributed by atoms with Crippen molar-refractivity contribution in [1.29, 1.82) is 0 Å². The maximum Gasteiger partial charge on any atom is 0.0337 e. The highest BCUT2D eigenvalue weighted by molar-refractivity contribution is 5.25. The molecule has 0 aliphatic carbocycles. The van der Waals surface area contributed by atoms with Gasteiger partial charge in [-0.15, -0.1) is 12.3 Å². The van der Waals surface area contributed by atoms with Crippen LogP contribution in [-0.4, -0.2) is 0 Å². The molecule has 0 heteroatoms. The summed E-state index contributed by atoms with van der Waals surface area (Å²) in [6.07, 6.45) is 8.32. The van der Waals surface area contributed by atoms with Crippen molar-refractivity contribution in [2.24, 2.45) is 0 Å². The lowest BCUT2D eigenvalue weighted by molar-refractivity contribution is 0.921. The molecule has 1 aromatic carbocycles. The van der Waals surface area contributed by atoms with Crippen LogP contribution in [0.5, 0.6) is 0 Å². The lowest BCUT2D eigenvalue weighted by atomic mass is 10.1. The molecule has 0 heterocycles. The van der Waals surface area contributed by atoms with Crippen molar-refractivity contribution in [3.05, 3.63) is 35.4 Å². The molecule has 0 aliphatic heterocycles. The summed E-state index contributed by atoms with van der Waals surface area (Å²) in [5.74, 6) is 2.64. The van der Waals surface area contributed by atoms with Crippen molar-refractivity contribution < 1.29 is 1.43 Å². The molecule has 0 saturated carbocycles. The summed E-state index contributed by atoms with van der Waals surface area (Å²) in [7, 11) is 0. The zero-order valence-corrected chi connectivity index (χ0v) is 7.51. The van der Waals surface area contributed by atoms with Gasteiger partial charge in [-0.1, -0.05) is 37.6 Å². The van der Waals surface area contributed by atoms with E-state index in [1.807, 2.05) is 0 Å². The Morgan fingerprint density at radius 1 is 1.25 bits per heavy atom. The largest absolute Gasteiger partial charge is 0.120 e. The van der Waals surface area contributed by atoms with Crippen molar-refractivity contribution in [2.45, 2.75) is 26.2 Å². The van der Waals surface area contributed by atoms with Gasteiger partial charge in [0.05, 0.1) is 0 Å². The summed E-state index contributed by atoms with van der Waals surface area (Å²) in [4.78, 5) is 0. The Kier molecular flexibility index (Phi) is 3.41. The molecule has 1 aromatic rings. The highest BCUT2D eigenvalue weighted by Gasteiger charge is 1.91. The topological polar surface area (TPSA) is 0 Å². The molecule has 0 nitrogen and oxygen atoms in total. The van der Waals surface area contributed by atoms with Crippen LogP contribution >= 0.6 is 0 Å². The number of hydrogen-bond donors (Lipinski definition) is 0. The van der Waals surface area contributed by atoms with Crippen LogP contribution in [0, 0.1) is 12.3 Å². The number of rotatable bonds is 3. The SMILES string of the molecule is C#CCc1ccc(CCC)cc1.[HH]. The highest BCUT2D eigenvalue weighted by atomic mass is 14.0. The van der Waals surface area contributed by atoms with Crippen LogP contribution in [0.25, 0.3) is 0 Å². The minimum absolute atomic E-state index is 0. The first kappa shape index (κ1) is 8.87. The van der Waals surface area contributed by atoms with Crippen LogP contribution in [0.15, 0.2) is 24.3 Å². The average Bonchev–Trinajstić information content (AvgIpc) is 2.09. The van der Waals surface area contributed by atoms with Crippen LogP contribution in [0.1, 0.15) is 25.9 Å². The molecule has 0 unspecified atom stereocenters. The molecule has 64 valence electrons. The predicted octanol–water partition coefficient (Wildman–Crippen LogP) is 3.06. The molecule has 1 rings (SSSR count). The van der Waals surface area contributed by atoms with Gasteiger partial charge < -0.3 is 0 Å². The van der Waals surface area contributed by atoms with Crippen LogP contribution in [0.4, 0.5) is 0 Å². The molecule has 0 aromatic heterocycles. The molecule has 0 N–H and O–H groups in total. The van der Waals surface area contributed by atoms with Crippen molar-refractivity contribution in [1.82, 2.24) is 0 Å². The number of aryl methyl sites for hydroxylation is 1. The van der Waals surface area contributed by atoms with Gasteiger partial charge in [0.1, 0.15) is 0 Å². The number of hydrogen-bond acceptors (Lipinski definition) is 0. The Morgan fingerprint density at radius 2 is 1.83 bits per heavy atom. The van der Waals surface area contributed by atoms with E-state index in [4.69, 9.17) is 6.42 Å². The van der Waals surface area contributed by atoms with E-state index in [1.165, 1.54) is 17.5 Å². The lowest BCUT2D eigenvalue weighted by Gasteiger charge is -1.99. The normalized spacial score (nSPS) is 9.33. The maximum atomic E-state index is 5.21. The van der Waals surface area contributed by atoms with Gasteiger partial charge >= 0.3 is 0 Å². The number of benzene rings is 1. The second-order valence-corrected chi connectivity index (χ2v) is 2.95. The first-order valence-corrected chi connectivity index (χ1v) is 4.38. The Morgan fingerprint density at radius 3 is 2.33 bits per heavy atom. The van der Waals surface area contributed by atoms with Gasteiger partial charge in [-0.2, -0.15) is 0 Å². The fourth-order valence-electron chi connectivity index (χ4n) is 1.23. The Labute approximate surface area is 76.1 Å². The van der Waals surface area contributed by atoms with Crippen molar-refractivity contribution in [3.63, 3.8) is 0 Å². The third kappa shape index (κ3) is 2.43. The van der Waals surface area contributed by atoms with E-state index in [0.29, 0.717) is 0 Å². The Hall–Kier alpha value is -1.22. The van der Waals surface area contributed by atoms with Crippen molar-refractivity contribution in [3.8, 4) is 12.3 Å². The van der Waals surface area contributed by atoms with Gasteiger partial charge in [-0.05, 0) is 17.5 Å². The van der Waals surface area contributed by atoms with E-state index in [0.717, 1.165) is 12.8 Å². The smallest absolute Gasteiger partial charge is 0.0337 e. The van der Waals surface area contributed by atoms with Gasteiger partial charge in [0.2, 0.25) is 0 Å². The first-order chi connectivity index (χ1) is 5.86. The van der Waals surface area contributed by atoms with Gasteiger partial charge in [0.25, 0.3) is 0 Å². The molecule has 0 saturated heterocycles. The van der Waals surface area contributed by atoms with Gasteiger partial charge in [-0.3, -0.25) is 0 Å². The molecule has 0 spiro atoms. The molecule has 12 heavy (non-hydrogen) atoms. The molecule has 0 radical (unpaired) electrons. The predicted molar refractivity (Wildman–Crippen MR) is 55.1 cm³/mol. The summed E-state index contributed by atoms with van der Waals surface area (Å²) >= 11 is 0. The van der Waals surface area contributed by atoms with E-state index in [2.05, 4.69) is 37.1 Å². The van der Waals surface area contributed by atoms with Gasteiger partial charge in [0, 0.05) is 7.85 Å². The van der Waals surface area contributed by atoms with Gasteiger partial charge in [0.15, 0.2) is 0 Å². The highest BCUT2D eigenvalue weighted by Crippen LogP contribution is 2.06. The Balaban J connectivity index is 0.00000144. The average molecular weight is 160 g/mol. The van der Waals surface area contributed by atoms with Crippen LogP contribution in [0.2, 0.25) is 0 Å². The minimum atomic E-state index is 0. The van der Waals surface area contributed by atoms with Crippen LogP contribution in [-0.2, 0) is 12.8 Å².